The maximum absolute atomic E-state index is 12.5. The zero-order valence-electron chi connectivity index (χ0n) is 22.1. The van der Waals surface area contributed by atoms with Crippen molar-refractivity contribution in [3.63, 3.8) is 0 Å². The minimum absolute atomic E-state index is 0.0317. The molecule has 1 fully saturated rings. The summed E-state index contributed by atoms with van der Waals surface area (Å²) in [6.45, 7) is 6.41. The maximum Gasteiger partial charge on any atom is 0.302 e. The van der Waals surface area contributed by atoms with Crippen LogP contribution in [0.1, 0.15) is 29.2 Å². The van der Waals surface area contributed by atoms with Crippen LogP contribution in [0.15, 0.2) is 75.7 Å². The topological polar surface area (TPSA) is 101 Å². The summed E-state index contributed by atoms with van der Waals surface area (Å²) in [5.74, 6) is 0.736. The van der Waals surface area contributed by atoms with Crippen LogP contribution in [0.3, 0.4) is 0 Å². The maximum atomic E-state index is 12.5. The number of hydrogen-bond donors (Lipinski definition) is 1. The number of ether oxygens (including phenoxy) is 1. The molecule has 1 N–H and O–H groups in total. The predicted molar refractivity (Wildman–Crippen MR) is 148 cm³/mol. The van der Waals surface area contributed by atoms with Gasteiger partial charge in [-0.1, -0.05) is 42.5 Å². The molecule has 0 saturated carbocycles. The van der Waals surface area contributed by atoms with Gasteiger partial charge in [-0.15, -0.1) is 10.2 Å². The monoisotopic (exact) mass is 525 g/mol. The van der Waals surface area contributed by atoms with E-state index in [0.717, 1.165) is 47.2 Å². The lowest BCUT2D eigenvalue weighted by atomic mass is 9.83. The van der Waals surface area contributed by atoms with Crippen LogP contribution in [-0.4, -0.2) is 44.7 Å². The quantitative estimate of drug-likeness (QED) is 0.361. The number of carbonyl (C=O) groups is 1. The van der Waals surface area contributed by atoms with Gasteiger partial charge < -0.3 is 14.4 Å². The Labute approximate surface area is 226 Å². The number of hydrogen-bond acceptors (Lipinski definition) is 6. The van der Waals surface area contributed by atoms with Gasteiger partial charge in [0.15, 0.2) is 12.3 Å². The molecule has 2 aromatic heterocycles. The molecule has 39 heavy (non-hydrogen) atoms. The smallest absolute Gasteiger partial charge is 0.302 e. The second kappa shape index (κ2) is 10.1. The molecule has 4 aromatic rings. The van der Waals surface area contributed by atoms with Crippen LogP contribution < -0.4 is 10.3 Å². The summed E-state index contributed by atoms with van der Waals surface area (Å²) in [5.41, 5.74) is 4.11. The molecule has 0 unspecified atom stereocenters. The third-order valence-corrected chi connectivity index (χ3v) is 7.82. The lowest BCUT2D eigenvalue weighted by Gasteiger charge is -2.42. The standard InChI is InChI=1S/C30H31N5O4/c1-19-7-5-8-20(2)29(19)39-17-26(36)31-32-28-23-9-3-4-10-25(23)35(30(28)38)18-33-14-21-13-22(16-33)24-11-6-12-27(37)34(24)15-21/h3-12,21-22,38H,13-18H2,1-2H3/t21-,22+/m1/s1. The van der Waals surface area contributed by atoms with Gasteiger partial charge in [0.1, 0.15) is 5.75 Å². The first-order valence-electron chi connectivity index (χ1n) is 13.2. The van der Waals surface area contributed by atoms with Gasteiger partial charge in [-0.05, 0) is 49.4 Å². The summed E-state index contributed by atoms with van der Waals surface area (Å²) in [6, 6.07) is 18.9. The number of amides is 1. The zero-order chi connectivity index (χ0) is 27.1. The molecule has 0 aliphatic carbocycles. The van der Waals surface area contributed by atoms with Gasteiger partial charge in [-0.3, -0.25) is 19.1 Å². The average molecular weight is 526 g/mol. The summed E-state index contributed by atoms with van der Waals surface area (Å²) < 4.78 is 9.45. The van der Waals surface area contributed by atoms with E-state index in [1.807, 2.05) is 77.6 Å². The molecule has 1 saturated heterocycles. The summed E-state index contributed by atoms with van der Waals surface area (Å²) in [7, 11) is 0. The van der Waals surface area contributed by atoms with Gasteiger partial charge in [0.05, 0.1) is 12.2 Å². The Kier molecular flexibility index (Phi) is 6.52. The van der Waals surface area contributed by atoms with Crippen molar-refractivity contribution in [1.29, 1.82) is 0 Å². The first kappa shape index (κ1) is 25.1. The van der Waals surface area contributed by atoms with Gasteiger partial charge in [0.2, 0.25) is 5.88 Å². The number of azo groups is 1. The minimum atomic E-state index is -0.536. The molecule has 9 heteroatoms. The van der Waals surface area contributed by atoms with Crippen molar-refractivity contribution in [3.05, 3.63) is 87.8 Å². The van der Waals surface area contributed by atoms with Gasteiger partial charge in [0, 0.05) is 42.7 Å². The second-order valence-corrected chi connectivity index (χ2v) is 10.6. The Morgan fingerprint density at radius 3 is 2.59 bits per heavy atom. The second-order valence-electron chi connectivity index (χ2n) is 10.6. The number of piperidine rings is 1. The van der Waals surface area contributed by atoms with E-state index >= 15 is 0 Å². The van der Waals surface area contributed by atoms with Crippen molar-refractivity contribution in [3.8, 4) is 11.6 Å². The Balaban J connectivity index is 1.22. The minimum Gasteiger partial charge on any atom is -0.493 e. The molecule has 0 radical (unpaired) electrons. The first-order chi connectivity index (χ1) is 18.9. The van der Waals surface area contributed by atoms with Gasteiger partial charge in [0.25, 0.3) is 5.56 Å². The highest BCUT2D eigenvalue weighted by Gasteiger charge is 2.35. The zero-order valence-corrected chi connectivity index (χ0v) is 22.1. The third-order valence-electron chi connectivity index (χ3n) is 7.82. The lowest BCUT2D eigenvalue weighted by molar-refractivity contribution is -0.120. The molecule has 2 atom stereocenters. The van der Waals surface area contributed by atoms with Crippen molar-refractivity contribution < 1.29 is 14.6 Å². The first-order valence-corrected chi connectivity index (χ1v) is 13.2. The van der Waals surface area contributed by atoms with Crippen LogP contribution in [0, 0.1) is 19.8 Å². The molecule has 2 aliphatic heterocycles. The number of pyridine rings is 1. The molecule has 1 amide bonds. The molecular weight excluding hydrogens is 494 g/mol. The highest BCUT2D eigenvalue weighted by molar-refractivity contribution is 5.95. The van der Waals surface area contributed by atoms with Crippen molar-refractivity contribution >= 4 is 22.5 Å². The number of aryl methyl sites for hydroxylation is 2. The fourth-order valence-electron chi connectivity index (χ4n) is 6.12. The van der Waals surface area contributed by atoms with E-state index < -0.39 is 5.91 Å². The number of nitrogens with zero attached hydrogens (tertiary/aromatic N) is 5. The number of rotatable bonds is 6. The number of carbonyl (C=O) groups excluding carboxylic acids is 1. The Bertz CT molecular complexity index is 1630. The van der Waals surface area contributed by atoms with Crippen molar-refractivity contribution in [2.24, 2.45) is 16.1 Å². The van der Waals surface area contributed by atoms with Crippen LogP contribution in [0.25, 0.3) is 10.9 Å². The molecule has 200 valence electrons. The number of para-hydroxylation sites is 2. The Hall–Kier alpha value is -4.24. The van der Waals surface area contributed by atoms with Crippen molar-refractivity contribution in [2.75, 3.05) is 19.7 Å². The van der Waals surface area contributed by atoms with E-state index in [1.54, 1.807) is 6.07 Å². The van der Waals surface area contributed by atoms with Gasteiger partial charge in [-0.2, -0.15) is 0 Å². The number of aromatic hydroxyl groups is 1. The largest absolute Gasteiger partial charge is 0.493 e. The van der Waals surface area contributed by atoms with Crippen LogP contribution in [0.4, 0.5) is 5.69 Å². The number of likely N-dealkylation sites (tertiary alicyclic amines) is 1. The fourth-order valence-corrected chi connectivity index (χ4v) is 6.12. The summed E-state index contributed by atoms with van der Waals surface area (Å²) >= 11 is 0. The molecule has 9 nitrogen and oxygen atoms in total. The third kappa shape index (κ3) is 4.74. The highest BCUT2D eigenvalue weighted by atomic mass is 16.5. The molecular formula is C30H31N5O4. The molecule has 6 rings (SSSR count). The fraction of sp³-hybridized carbons (Fsp3) is 0.333. The van der Waals surface area contributed by atoms with Crippen LogP contribution in [0.2, 0.25) is 0 Å². The van der Waals surface area contributed by atoms with Crippen LogP contribution >= 0.6 is 0 Å². The molecule has 4 heterocycles. The summed E-state index contributed by atoms with van der Waals surface area (Å²) in [4.78, 5) is 27.2. The number of aromatic nitrogens is 2. The van der Waals surface area contributed by atoms with E-state index in [4.69, 9.17) is 4.74 Å². The predicted octanol–water partition coefficient (Wildman–Crippen LogP) is 4.89. The van der Waals surface area contributed by atoms with Gasteiger partial charge in [-0.25, -0.2) is 0 Å². The lowest BCUT2D eigenvalue weighted by Crippen LogP contribution is -2.47. The number of fused-ring (bicyclic) bond motifs is 5. The summed E-state index contributed by atoms with van der Waals surface area (Å²) in [5, 5.41) is 20.0. The van der Waals surface area contributed by atoms with E-state index in [-0.39, 0.29) is 29.7 Å². The SMILES string of the molecule is Cc1cccc(C)c1OCC(=O)N=Nc1c(O)n(CN2C[C@H]3C[C@@H](C2)c2cccc(=O)n2C3)c2ccccc12. The molecule has 2 aliphatic rings. The molecule has 0 spiro atoms. The van der Waals surface area contributed by atoms with Crippen molar-refractivity contribution in [2.45, 2.75) is 39.4 Å². The van der Waals surface area contributed by atoms with E-state index in [1.165, 1.54) is 0 Å². The van der Waals surface area contributed by atoms with E-state index in [2.05, 4.69) is 15.1 Å². The summed E-state index contributed by atoms with van der Waals surface area (Å²) in [6.07, 6.45) is 1.06. The van der Waals surface area contributed by atoms with E-state index in [9.17, 15) is 14.7 Å². The van der Waals surface area contributed by atoms with E-state index in [0.29, 0.717) is 24.9 Å². The van der Waals surface area contributed by atoms with Crippen molar-refractivity contribution in [1.82, 2.24) is 14.0 Å². The van der Waals surface area contributed by atoms with Gasteiger partial charge >= 0.3 is 5.91 Å². The molecule has 2 aromatic carbocycles. The molecule has 2 bridgehead atoms. The Morgan fingerprint density at radius 1 is 1.00 bits per heavy atom. The normalized spacial score (nSPS) is 18.9. The average Bonchev–Trinajstić information content (AvgIpc) is 3.18. The van der Waals surface area contributed by atoms with Crippen LogP contribution in [-0.2, 0) is 18.0 Å². The number of benzene rings is 2. The highest BCUT2D eigenvalue weighted by Crippen LogP contribution is 2.40. The Morgan fingerprint density at radius 2 is 1.77 bits per heavy atom. The van der Waals surface area contributed by atoms with Crippen LogP contribution in [0.5, 0.6) is 11.6 Å².